The Bertz CT molecular complexity index is 972. The van der Waals surface area contributed by atoms with Crippen molar-refractivity contribution >= 4 is 28.7 Å². The van der Waals surface area contributed by atoms with Crippen LogP contribution >= 0.6 is 22.6 Å². The second-order valence-corrected chi connectivity index (χ2v) is 7.92. The quantitative estimate of drug-likeness (QED) is 0.444. The molecule has 1 aliphatic rings. The number of benzene rings is 2. The highest BCUT2D eigenvalue weighted by atomic mass is 127. The molecular weight excluding hydrogens is 485 g/mol. The van der Waals surface area contributed by atoms with Crippen LogP contribution in [0.2, 0.25) is 0 Å². The maximum atomic E-state index is 12.1. The molecule has 0 fully saturated rings. The van der Waals surface area contributed by atoms with Gasteiger partial charge < -0.3 is 24.7 Å². The van der Waals surface area contributed by atoms with Crippen molar-refractivity contribution in [3.8, 4) is 11.1 Å². The Morgan fingerprint density at radius 3 is 2.24 bits per heavy atom. The van der Waals surface area contributed by atoms with E-state index in [1.807, 2.05) is 59.0 Å². The van der Waals surface area contributed by atoms with Crippen LogP contribution in [0.4, 0.5) is 4.79 Å². The van der Waals surface area contributed by atoms with Crippen molar-refractivity contribution in [1.82, 2.24) is 5.32 Å². The molecule has 1 amide bonds. The first-order chi connectivity index (χ1) is 14.0. The van der Waals surface area contributed by atoms with E-state index < -0.39 is 18.3 Å². The van der Waals surface area contributed by atoms with Crippen molar-refractivity contribution in [3.05, 3.63) is 81.3 Å². The molecule has 29 heavy (non-hydrogen) atoms. The van der Waals surface area contributed by atoms with Gasteiger partial charge in [-0.05, 0) is 57.0 Å². The number of rotatable bonds is 6. The van der Waals surface area contributed by atoms with Gasteiger partial charge in [0.1, 0.15) is 24.6 Å². The zero-order valence-corrected chi connectivity index (χ0v) is 17.6. The van der Waals surface area contributed by atoms with E-state index in [1.54, 1.807) is 12.1 Å². The Hall–Kier alpha value is -2.36. The van der Waals surface area contributed by atoms with Crippen LogP contribution in [-0.4, -0.2) is 35.6 Å². The smallest absolute Gasteiger partial charge is 0.407 e. The summed E-state index contributed by atoms with van der Waals surface area (Å²) in [6, 6.07) is 19.5. The summed E-state index contributed by atoms with van der Waals surface area (Å²) in [4.78, 5) is 12.1. The number of hydrogen-bond acceptors (Lipinski definition) is 5. The van der Waals surface area contributed by atoms with Crippen LogP contribution in [0, 0.1) is 3.77 Å². The van der Waals surface area contributed by atoms with Crippen LogP contribution in [-0.2, 0) is 4.74 Å². The Morgan fingerprint density at radius 1 is 1.03 bits per heavy atom. The number of carbonyl (C=O) groups is 1. The predicted octanol–water partition coefficient (Wildman–Crippen LogP) is 3.82. The normalized spacial score (nSPS) is 14.7. The average Bonchev–Trinajstić information content (AvgIpc) is 3.31. The third-order valence-corrected chi connectivity index (χ3v) is 5.63. The molecule has 0 aliphatic heterocycles. The van der Waals surface area contributed by atoms with Crippen molar-refractivity contribution in [2.24, 2.45) is 0 Å². The number of aliphatic hydroxyl groups is 2. The lowest BCUT2D eigenvalue weighted by Gasteiger charge is -2.18. The van der Waals surface area contributed by atoms with Gasteiger partial charge in [-0.1, -0.05) is 48.5 Å². The fourth-order valence-corrected chi connectivity index (χ4v) is 4.06. The maximum Gasteiger partial charge on any atom is 0.407 e. The lowest BCUT2D eigenvalue weighted by molar-refractivity contribution is 0.00555. The summed E-state index contributed by atoms with van der Waals surface area (Å²) in [5.41, 5.74) is 4.57. The lowest BCUT2D eigenvalue weighted by atomic mass is 9.98. The molecule has 2 atom stereocenters. The number of halogens is 1. The minimum atomic E-state index is -1.23. The van der Waals surface area contributed by atoms with Crippen LogP contribution in [0.5, 0.6) is 0 Å². The SMILES string of the molecule is O=C(NCC(O)C(O)c1ccc(I)o1)OCC1c2ccccc2-c2ccccc21. The standard InChI is InChI=1S/C22H20INO5/c23-20-10-9-19(29-20)21(26)18(25)11-24-22(27)28-12-17-15-7-3-1-5-13(15)14-6-2-4-8-16(14)17/h1-10,17-18,21,25-26H,11-12H2,(H,24,27). The topological polar surface area (TPSA) is 91.9 Å². The summed E-state index contributed by atoms with van der Waals surface area (Å²) in [5.74, 6) is 0.213. The number of amides is 1. The predicted molar refractivity (Wildman–Crippen MR) is 115 cm³/mol. The fraction of sp³-hybridized carbons (Fsp3) is 0.227. The third-order valence-electron chi connectivity index (χ3n) is 5.05. The van der Waals surface area contributed by atoms with E-state index in [-0.39, 0.29) is 24.8 Å². The number of ether oxygens (including phenoxy) is 1. The van der Waals surface area contributed by atoms with Crippen molar-refractivity contribution in [2.75, 3.05) is 13.2 Å². The molecule has 1 aromatic heterocycles. The van der Waals surface area contributed by atoms with Gasteiger partial charge in [0.25, 0.3) is 0 Å². The highest BCUT2D eigenvalue weighted by Crippen LogP contribution is 2.44. The Kier molecular flexibility index (Phi) is 5.89. The van der Waals surface area contributed by atoms with Crippen LogP contribution in [0.1, 0.15) is 28.9 Å². The average molecular weight is 505 g/mol. The molecular formula is C22H20INO5. The van der Waals surface area contributed by atoms with Crippen molar-refractivity contribution in [2.45, 2.75) is 18.1 Å². The first kappa shape index (κ1) is 19.9. The van der Waals surface area contributed by atoms with E-state index in [0.29, 0.717) is 3.77 Å². The molecule has 7 heteroatoms. The number of hydrogen-bond donors (Lipinski definition) is 3. The van der Waals surface area contributed by atoms with Crippen molar-refractivity contribution in [3.63, 3.8) is 0 Å². The van der Waals surface area contributed by atoms with Gasteiger partial charge >= 0.3 is 6.09 Å². The largest absolute Gasteiger partial charge is 0.453 e. The van der Waals surface area contributed by atoms with E-state index >= 15 is 0 Å². The summed E-state index contributed by atoms with van der Waals surface area (Å²) >= 11 is 1.97. The summed E-state index contributed by atoms with van der Waals surface area (Å²) in [6.45, 7) is 0.0318. The first-order valence-electron chi connectivity index (χ1n) is 9.25. The summed E-state index contributed by atoms with van der Waals surface area (Å²) in [6.07, 6.45) is -3.09. The Morgan fingerprint density at radius 2 is 1.66 bits per heavy atom. The van der Waals surface area contributed by atoms with Crippen LogP contribution < -0.4 is 5.32 Å². The van der Waals surface area contributed by atoms with E-state index in [0.717, 1.165) is 22.3 Å². The summed E-state index contributed by atoms with van der Waals surface area (Å²) in [7, 11) is 0. The van der Waals surface area contributed by atoms with Gasteiger partial charge in [0.05, 0.1) is 0 Å². The first-order valence-corrected chi connectivity index (χ1v) is 10.3. The lowest BCUT2D eigenvalue weighted by Crippen LogP contribution is -2.36. The van der Waals surface area contributed by atoms with Crippen molar-refractivity contribution in [1.29, 1.82) is 0 Å². The molecule has 0 saturated carbocycles. The Balaban J connectivity index is 1.34. The molecule has 3 N–H and O–H groups in total. The molecule has 0 saturated heterocycles. The number of carbonyl (C=O) groups excluding carboxylic acids is 1. The van der Waals surface area contributed by atoms with Gasteiger partial charge in [-0.15, -0.1) is 0 Å². The van der Waals surface area contributed by atoms with E-state index in [2.05, 4.69) is 17.4 Å². The molecule has 2 unspecified atom stereocenters. The Labute approximate surface area is 181 Å². The number of furan rings is 1. The molecule has 6 nitrogen and oxygen atoms in total. The molecule has 0 bridgehead atoms. The monoisotopic (exact) mass is 505 g/mol. The molecule has 4 rings (SSSR count). The maximum absolute atomic E-state index is 12.1. The van der Waals surface area contributed by atoms with Gasteiger partial charge in [0.2, 0.25) is 0 Å². The van der Waals surface area contributed by atoms with Crippen LogP contribution in [0.25, 0.3) is 11.1 Å². The molecule has 1 aliphatic carbocycles. The van der Waals surface area contributed by atoms with E-state index in [1.165, 1.54) is 0 Å². The van der Waals surface area contributed by atoms with Crippen LogP contribution in [0.15, 0.2) is 65.1 Å². The number of nitrogens with one attached hydrogen (secondary N) is 1. The third kappa shape index (κ3) is 4.17. The second kappa shape index (κ2) is 8.56. The van der Waals surface area contributed by atoms with Gasteiger partial charge in [-0.25, -0.2) is 4.79 Å². The van der Waals surface area contributed by atoms with Gasteiger partial charge in [0.15, 0.2) is 3.77 Å². The molecule has 3 aromatic rings. The second-order valence-electron chi connectivity index (χ2n) is 6.86. The minimum Gasteiger partial charge on any atom is -0.453 e. The van der Waals surface area contributed by atoms with E-state index in [9.17, 15) is 15.0 Å². The molecule has 0 spiro atoms. The van der Waals surface area contributed by atoms with Crippen LogP contribution in [0.3, 0.4) is 0 Å². The molecule has 0 radical (unpaired) electrons. The van der Waals surface area contributed by atoms with Gasteiger partial charge in [-0.2, -0.15) is 0 Å². The number of aliphatic hydroxyl groups excluding tert-OH is 2. The molecule has 150 valence electrons. The zero-order chi connectivity index (χ0) is 20.4. The number of alkyl carbamates (subject to hydrolysis) is 1. The highest BCUT2D eigenvalue weighted by Gasteiger charge is 2.29. The molecule has 2 aromatic carbocycles. The number of fused-ring (bicyclic) bond motifs is 3. The van der Waals surface area contributed by atoms with Crippen molar-refractivity contribution < 1.29 is 24.2 Å². The van der Waals surface area contributed by atoms with Gasteiger partial charge in [-0.3, -0.25) is 0 Å². The van der Waals surface area contributed by atoms with E-state index in [4.69, 9.17) is 9.15 Å². The fourth-order valence-electron chi connectivity index (χ4n) is 3.63. The highest BCUT2D eigenvalue weighted by molar-refractivity contribution is 14.1. The molecule has 1 heterocycles. The zero-order valence-electron chi connectivity index (χ0n) is 15.4. The summed E-state index contributed by atoms with van der Waals surface area (Å²) in [5, 5.41) is 22.7. The van der Waals surface area contributed by atoms with Gasteiger partial charge in [0, 0.05) is 12.5 Å². The summed E-state index contributed by atoms with van der Waals surface area (Å²) < 4.78 is 11.3. The minimum absolute atomic E-state index is 0.0335.